The summed E-state index contributed by atoms with van der Waals surface area (Å²) in [5.41, 5.74) is 0.923. The lowest BCUT2D eigenvalue weighted by molar-refractivity contribution is 0.0696. The molecule has 5 heteroatoms. The largest absolute Gasteiger partial charge is 0.507 e. The number of aromatic hydroxyl groups is 1. The summed E-state index contributed by atoms with van der Waals surface area (Å²) in [5, 5.41) is 18.6. The van der Waals surface area contributed by atoms with Gasteiger partial charge in [-0.2, -0.15) is 0 Å². The fourth-order valence-electron chi connectivity index (χ4n) is 1.74. The summed E-state index contributed by atoms with van der Waals surface area (Å²) >= 11 is 0. The Kier molecular flexibility index (Phi) is 3.37. The Balaban J connectivity index is 2.50. The van der Waals surface area contributed by atoms with E-state index in [9.17, 15) is 14.3 Å². The number of halogens is 1. The number of carboxylic acids is 1. The first-order chi connectivity index (χ1) is 9.02. The highest BCUT2D eigenvalue weighted by molar-refractivity contribution is 5.89. The van der Waals surface area contributed by atoms with Gasteiger partial charge < -0.3 is 14.9 Å². The number of carbonyl (C=O) groups is 1. The molecule has 0 heterocycles. The molecular formula is C14H11FO4. The molecule has 0 saturated heterocycles. The molecule has 2 aromatic rings. The molecule has 0 bridgehead atoms. The van der Waals surface area contributed by atoms with Gasteiger partial charge in [0.05, 0.1) is 12.7 Å². The molecule has 98 valence electrons. The van der Waals surface area contributed by atoms with Gasteiger partial charge in [-0.1, -0.05) is 6.07 Å². The van der Waals surface area contributed by atoms with Gasteiger partial charge in [-0.05, 0) is 35.9 Å². The predicted molar refractivity (Wildman–Crippen MR) is 67.0 cm³/mol. The molecule has 0 radical (unpaired) electrons. The van der Waals surface area contributed by atoms with Crippen molar-refractivity contribution in [3.8, 4) is 22.6 Å². The molecule has 0 amide bonds. The zero-order valence-corrected chi connectivity index (χ0v) is 10.1. The number of phenols is 1. The number of methoxy groups -OCH3 is 1. The number of carboxylic acid groups (broad SMARTS) is 1. The van der Waals surface area contributed by atoms with Crippen molar-refractivity contribution in [2.75, 3.05) is 7.11 Å². The van der Waals surface area contributed by atoms with Crippen molar-refractivity contribution in [2.24, 2.45) is 0 Å². The Labute approximate surface area is 108 Å². The fraction of sp³-hybridized carbons (Fsp3) is 0.0714. The third kappa shape index (κ3) is 2.49. The standard InChI is InChI=1S/C14H11FO4/c1-19-13-7-8(3-5-11(13)15)10-4-2-9(14(17)18)6-12(10)16/h2-7,16H,1H3,(H,17,18). The van der Waals surface area contributed by atoms with Crippen LogP contribution in [0, 0.1) is 5.82 Å². The second-order valence-corrected chi connectivity index (χ2v) is 3.89. The van der Waals surface area contributed by atoms with E-state index in [0.717, 1.165) is 6.07 Å². The van der Waals surface area contributed by atoms with Gasteiger partial charge >= 0.3 is 5.97 Å². The lowest BCUT2D eigenvalue weighted by atomic mass is 10.0. The summed E-state index contributed by atoms with van der Waals surface area (Å²) in [6.07, 6.45) is 0. The summed E-state index contributed by atoms with van der Waals surface area (Å²) < 4.78 is 18.1. The van der Waals surface area contributed by atoms with E-state index in [0.29, 0.717) is 11.1 Å². The van der Waals surface area contributed by atoms with E-state index in [1.165, 1.54) is 37.4 Å². The van der Waals surface area contributed by atoms with Crippen molar-refractivity contribution in [1.29, 1.82) is 0 Å². The van der Waals surface area contributed by atoms with Crippen molar-refractivity contribution >= 4 is 5.97 Å². The van der Waals surface area contributed by atoms with Crippen LogP contribution in [0.1, 0.15) is 10.4 Å². The fourth-order valence-corrected chi connectivity index (χ4v) is 1.74. The number of benzene rings is 2. The highest BCUT2D eigenvalue weighted by atomic mass is 19.1. The lowest BCUT2D eigenvalue weighted by Crippen LogP contribution is -1.96. The van der Waals surface area contributed by atoms with Crippen LogP contribution in [0.3, 0.4) is 0 Å². The Morgan fingerprint density at radius 2 is 1.95 bits per heavy atom. The second kappa shape index (κ2) is 4.97. The smallest absolute Gasteiger partial charge is 0.335 e. The van der Waals surface area contributed by atoms with Crippen molar-refractivity contribution < 1.29 is 24.1 Å². The molecule has 0 saturated carbocycles. The topological polar surface area (TPSA) is 66.8 Å². The number of ether oxygens (including phenoxy) is 1. The number of phenolic OH excluding ortho intramolecular Hbond substituents is 1. The lowest BCUT2D eigenvalue weighted by Gasteiger charge is -2.08. The molecule has 0 atom stereocenters. The number of rotatable bonds is 3. The summed E-state index contributed by atoms with van der Waals surface area (Å²) in [6, 6.07) is 8.11. The predicted octanol–water partition coefficient (Wildman–Crippen LogP) is 2.91. The van der Waals surface area contributed by atoms with Crippen molar-refractivity contribution in [3.05, 3.63) is 47.8 Å². The van der Waals surface area contributed by atoms with Gasteiger partial charge in [0.2, 0.25) is 0 Å². The Bertz CT molecular complexity index is 637. The minimum Gasteiger partial charge on any atom is -0.507 e. The number of aromatic carboxylic acids is 1. The maximum atomic E-state index is 13.3. The summed E-state index contributed by atoms with van der Waals surface area (Å²) in [6.45, 7) is 0. The zero-order valence-electron chi connectivity index (χ0n) is 10.1. The second-order valence-electron chi connectivity index (χ2n) is 3.89. The van der Waals surface area contributed by atoms with Gasteiger partial charge in [-0.15, -0.1) is 0 Å². The molecule has 2 aromatic carbocycles. The molecule has 0 spiro atoms. The minimum atomic E-state index is -1.13. The molecule has 19 heavy (non-hydrogen) atoms. The first-order valence-electron chi connectivity index (χ1n) is 5.43. The molecule has 4 nitrogen and oxygen atoms in total. The van der Waals surface area contributed by atoms with E-state index >= 15 is 0 Å². The molecular weight excluding hydrogens is 251 g/mol. The molecule has 0 fully saturated rings. The van der Waals surface area contributed by atoms with E-state index in [1.807, 2.05) is 0 Å². The van der Waals surface area contributed by atoms with Crippen molar-refractivity contribution in [3.63, 3.8) is 0 Å². The van der Waals surface area contributed by atoms with Crippen LogP contribution >= 0.6 is 0 Å². The number of hydrogen-bond donors (Lipinski definition) is 2. The van der Waals surface area contributed by atoms with Gasteiger partial charge in [0, 0.05) is 5.56 Å². The average molecular weight is 262 g/mol. The van der Waals surface area contributed by atoms with Crippen LogP contribution < -0.4 is 4.74 Å². The molecule has 0 aliphatic heterocycles. The Morgan fingerprint density at radius 3 is 2.53 bits per heavy atom. The van der Waals surface area contributed by atoms with Crippen LogP contribution in [0.2, 0.25) is 0 Å². The highest BCUT2D eigenvalue weighted by Crippen LogP contribution is 2.33. The van der Waals surface area contributed by atoms with Crippen molar-refractivity contribution in [1.82, 2.24) is 0 Å². The Hall–Kier alpha value is -2.56. The van der Waals surface area contributed by atoms with Gasteiger partial charge in [0.1, 0.15) is 5.75 Å². The van der Waals surface area contributed by atoms with Gasteiger partial charge in [-0.3, -0.25) is 0 Å². The summed E-state index contributed by atoms with van der Waals surface area (Å²) in [4.78, 5) is 10.8. The first kappa shape index (κ1) is 12.9. The minimum absolute atomic E-state index is 0.0182. The van der Waals surface area contributed by atoms with E-state index in [1.54, 1.807) is 0 Å². The van der Waals surface area contributed by atoms with Crippen molar-refractivity contribution in [2.45, 2.75) is 0 Å². The van der Waals surface area contributed by atoms with E-state index in [-0.39, 0.29) is 17.1 Å². The molecule has 0 aliphatic carbocycles. The third-order valence-electron chi connectivity index (χ3n) is 2.71. The third-order valence-corrected chi connectivity index (χ3v) is 2.71. The SMILES string of the molecule is COc1cc(-c2ccc(C(=O)O)cc2O)ccc1F. The van der Waals surface area contributed by atoms with Crippen LogP contribution in [0.5, 0.6) is 11.5 Å². The Morgan fingerprint density at radius 1 is 1.21 bits per heavy atom. The summed E-state index contributed by atoms with van der Waals surface area (Å²) in [5.74, 6) is -1.76. The van der Waals surface area contributed by atoms with Crippen LogP contribution in [-0.2, 0) is 0 Å². The molecule has 2 rings (SSSR count). The monoisotopic (exact) mass is 262 g/mol. The van der Waals surface area contributed by atoms with Crippen LogP contribution in [0.4, 0.5) is 4.39 Å². The maximum absolute atomic E-state index is 13.3. The van der Waals surface area contributed by atoms with Crippen LogP contribution in [0.15, 0.2) is 36.4 Å². The van der Waals surface area contributed by atoms with Gasteiger partial charge in [0.15, 0.2) is 11.6 Å². The maximum Gasteiger partial charge on any atom is 0.335 e. The highest BCUT2D eigenvalue weighted by Gasteiger charge is 2.11. The quantitative estimate of drug-likeness (QED) is 0.892. The van der Waals surface area contributed by atoms with Crippen LogP contribution in [0.25, 0.3) is 11.1 Å². The van der Waals surface area contributed by atoms with E-state index in [2.05, 4.69) is 0 Å². The molecule has 2 N–H and O–H groups in total. The van der Waals surface area contributed by atoms with E-state index < -0.39 is 11.8 Å². The summed E-state index contributed by atoms with van der Waals surface area (Å²) in [7, 11) is 1.34. The van der Waals surface area contributed by atoms with Gasteiger partial charge in [-0.25, -0.2) is 9.18 Å². The van der Waals surface area contributed by atoms with E-state index in [4.69, 9.17) is 9.84 Å². The zero-order chi connectivity index (χ0) is 14.0. The first-order valence-corrected chi connectivity index (χ1v) is 5.43. The number of hydrogen-bond acceptors (Lipinski definition) is 3. The van der Waals surface area contributed by atoms with Crippen LogP contribution in [-0.4, -0.2) is 23.3 Å². The van der Waals surface area contributed by atoms with Gasteiger partial charge in [0.25, 0.3) is 0 Å². The molecule has 0 aromatic heterocycles. The normalized spacial score (nSPS) is 10.2. The molecule has 0 unspecified atom stereocenters. The average Bonchev–Trinajstić information content (AvgIpc) is 2.39. The molecule has 0 aliphatic rings.